The van der Waals surface area contributed by atoms with Crippen molar-refractivity contribution in [1.82, 2.24) is 5.32 Å². The molecule has 0 atom stereocenters. The number of amides is 1. The van der Waals surface area contributed by atoms with Crippen LogP contribution in [0.2, 0.25) is 0 Å². The predicted octanol–water partition coefficient (Wildman–Crippen LogP) is 2.16. The molecule has 0 unspecified atom stereocenters. The lowest BCUT2D eigenvalue weighted by molar-refractivity contribution is -0.122. The Hall–Kier alpha value is -1.76. The maximum Gasteiger partial charge on any atom is 0.221 e. The summed E-state index contributed by atoms with van der Waals surface area (Å²) in [5.41, 5.74) is -0.611. The zero-order valence-electron chi connectivity index (χ0n) is 9.74. The number of furan rings is 1. The van der Waals surface area contributed by atoms with Crippen molar-refractivity contribution in [2.24, 2.45) is 0 Å². The lowest BCUT2D eigenvalue weighted by Crippen LogP contribution is -2.45. The van der Waals surface area contributed by atoms with E-state index in [9.17, 15) is 4.79 Å². The number of aryl methyl sites for hydroxylation is 1. The highest BCUT2D eigenvalue weighted by molar-refractivity contribution is 5.77. The molecule has 1 aromatic rings. The molecular weight excluding hydrogens is 216 g/mol. The van der Waals surface area contributed by atoms with E-state index in [0.717, 1.165) is 31.4 Å². The molecule has 0 spiro atoms. The fourth-order valence-corrected chi connectivity index (χ4v) is 2.26. The van der Waals surface area contributed by atoms with Gasteiger partial charge < -0.3 is 9.73 Å². The van der Waals surface area contributed by atoms with Crippen LogP contribution in [0.3, 0.4) is 0 Å². The number of hydrogen-bond donors (Lipinski definition) is 1. The Kier molecular flexibility index (Phi) is 3.48. The average molecular weight is 232 g/mol. The molecule has 1 N–H and O–H groups in total. The van der Waals surface area contributed by atoms with Gasteiger partial charge in [-0.2, -0.15) is 5.26 Å². The molecule has 1 aliphatic carbocycles. The summed E-state index contributed by atoms with van der Waals surface area (Å²) < 4.78 is 5.16. The summed E-state index contributed by atoms with van der Waals surface area (Å²) in [6.07, 6.45) is 6.14. The molecule has 1 aliphatic rings. The summed E-state index contributed by atoms with van der Waals surface area (Å²) in [6, 6.07) is 5.90. The summed E-state index contributed by atoms with van der Waals surface area (Å²) in [6.45, 7) is 0. The van der Waals surface area contributed by atoms with Crippen LogP contribution in [0.25, 0.3) is 0 Å². The van der Waals surface area contributed by atoms with Gasteiger partial charge in [-0.15, -0.1) is 0 Å². The summed E-state index contributed by atoms with van der Waals surface area (Å²) in [7, 11) is 0. The predicted molar refractivity (Wildman–Crippen MR) is 62.0 cm³/mol. The van der Waals surface area contributed by atoms with Gasteiger partial charge in [0.25, 0.3) is 0 Å². The van der Waals surface area contributed by atoms with Crippen molar-refractivity contribution in [3.8, 4) is 6.07 Å². The summed E-state index contributed by atoms with van der Waals surface area (Å²) in [5.74, 6) is 0.738. The van der Waals surface area contributed by atoms with Gasteiger partial charge in [0, 0.05) is 12.8 Å². The lowest BCUT2D eigenvalue weighted by atomic mass is 9.99. The molecule has 17 heavy (non-hydrogen) atoms. The molecule has 0 radical (unpaired) electrons. The lowest BCUT2D eigenvalue weighted by Gasteiger charge is -2.21. The van der Waals surface area contributed by atoms with Crippen LogP contribution in [0, 0.1) is 11.3 Å². The highest BCUT2D eigenvalue weighted by Crippen LogP contribution is 2.28. The minimum absolute atomic E-state index is 0.0650. The molecule has 0 bridgehead atoms. The van der Waals surface area contributed by atoms with E-state index >= 15 is 0 Å². The van der Waals surface area contributed by atoms with Gasteiger partial charge in [0.1, 0.15) is 11.3 Å². The van der Waals surface area contributed by atoms with E-state index in [1.54, 1.807) is 12.3 Å². The molecule has 4 nitrogen and oxygen atoms in total. The highest BCUT2D eigenvalue weighted by atomic mass is 16.3. The van der Waals surface area contributed by atoms with Crippen molar-refractivity contribution in [3.63, 3.8) is 0 Å². The quantitative estimate of drug-likeness (QED) is 0.865. The third kappa shape index (κ3) is 2.88. The van der Waals surface area contributed by atoms with Crippen LogP contribution in [-0.4, -0.2) is 11.4 Å². The topological polar surface area (TPSA) is 66.0 Å². The first-order valence-corrected chi connectivity index (χ1v) is 5.99. The van der Waals surface area contributed by atoms with Crippen LogP contribution in [-0.2, 0) is 11.2 Å². The molecule has 1 aromatic heterocycles. The Bertz CT molecular complexity index is 411. The molecule has 2 rings (SSSR count). The third-order valence-corrected chi connectivity index (χ3v) is 3.23. The zero-order chi connectivity index (χ0) is 12.1. The van der Waals surface area contributed by atoms with Crippen molar-refractivity contribution >= 4 is 5.91 Å². The van der Waals surface area contributed by atoms with Crippen LogP contribution in [0.1, 0.15) is 37.9 Å². The largest absolute Gasteiger partial charge is 0.469 e. The monoisotopic (exact) mass is 232 g/mol. The molecule has 90 valence electrons. The molecule has 0 saturated heterocycles. The van der Waals surface area contributed by atoms with Gasteiger partial charge in [0.15, 0.2) is 0 Å². The van der Waals surface area contributed by atoms with Gasteiger partial charge in [-0.3, -0.25) is 4.79 Å². The fraction of sp³-hybridized carbons (Fsp3) is 0.538. The normalized spacial score (nSPS) is 17.6. The zero-order valence-corrected chi connectivity index (χ0v) is 9.74. The molecule has 1 amide bonds. The fourth-order valence-electron chi connectivity index (χ4n) is 2.26. The second-order valence-corrected chi connectivity index (χ2v) is 4.53. The standard InChI is InChI=1S/C13H16N2O2/c14-10-13(7-1-2-8-13)15-12(16)6-5-11-4-3-9-17-11/h3-4,9H,1-2,5-8H2,(H,15,16). The molecule has 1 fully saturated rings. The summed E-state index contributed by atoms with van der Waals surface area (Å²) >= 11 is 0. The van der Waals surface area contributed by atoms with E-state index in [-0.39, 0.29) is 5.91 Å². The Morgan fingerprint density at radius 2 is 2.29 bits per heavy atom. The van der Waals surface area contributed by atoms with Gasteiger partial charge in [0.05, 0.1) is 12.3 Å². The number of hydrogen-bond acceptors (Lipinski definition) is 3. The Balaban J connectivity index is 1.83. The summed E-state index contributed by atoms with van der Waals surface area (Å²) in [5, 5.41) is 12.0. The van der Waals surface area contributed by atoms with Crippen LogP contribution >= 0.6 is 0 Å². The van der Waals surface area contributed by atoms with Gasteiger partial charge >= 0.3 is 0 Å². The van der Waals surface area contributed by atoms with Crippen molar-refractivity contribution in [2.75, 3.05) is 0 Å². The van der Waals surface area contributed by atoms with Gasteiger partial charge in [-0.25, -0.2) is 0 Å². The van der Waals surface area contributed by atoms with E-state index in [1.165, 1.54) is 0 Å². The second kappa shape index (κ2) is 5.05. The van der Waals surface area contributed by atoms with E-state index < -0.39 is 5.54 Å². The third-order valence-electron chi connectivity index (χ3n) is 3.23. The number of carbonyl (C=O) groups is 1. The maximum absolute atomic E-state index is 11.8. The molecule has 0 aromatic carbocycles. The van der Waals surface area contributed by atoms with E-state index in [0.29, 0.717) is 12.8 Å². The molecule has 1 saturated carbocycles. The number of nitriles is 1. The van der Waals surface area contributed by atoms with Gasteiger partial charge in [-0.05, 0) is 37.8 Å². The molecule has 0 aliphatic heterocycles. The number of carbonyl (C=O) groups excluding carboxylic acids is 1. The summed E-state index contributed by atoms with van der Waals surface area (Å²) in [4.78, 5) is 11.8. The van der Waals surface area contributed by atoms with Crippen LogP contribution < -0.4 is 5.32 Å². The van der Waals surface area contributed by atoms with Crippen molar-refractivity contribution in [3.05, 3.63) is 24.2 Å². The smallest absolute Gasteiger partial charge is 0.221 e. The number of nitrogens with one attached hydrogen (secondary N) is 1. The van der Waals surface area contributed by atoms with Crippen LogP contribution in [0.15, 0.2) is 22.8 Å². The van der Waals surface area contributed by atoms with Crippen molar-refractivity contribution in [2.45, 2.75) is 44.1 Å². The van der Waals surface area contributed by atoms with E-state index in [1.807, 2.05) is 6.07 Å². The minimum Gasteiger partial charge on any atom is -0.469 e. The number of nitrogens with zero attached hydrogens (tertiary/aromatic N) is 1. The van der Waals surface area contributed by atoms with E-state index in [4.69, 9.17) is 9.68 Å². The first kappa shape index (κ1) is 11.7. The Morgan fingerprint density at radius 1 is 1.53 bits per heavy atom. The van der Waals surface area contributed by atoms with Crippen LogP contribution in [0.4, 0.5) is 0 Å². The number of rotatable bonds is 4. The SMILES string of the molecule is N#CC1(NC(=O)CCc2ccco2)CCCC1. The van der Waals surface area contributed by atoms with Crippen molar-refractivity contribution < 1.29 is 9.21 Å². The van der Waals surface area contributed by atoms with Gasteiger partial charge in [-0.1, -0.05) is 0 Å². The molecular formula is C13H16N2O2. The first-order chi connectivity index (χ1) is 8.24. The highest BCUT2D eigenvalue weighted by Gasteiger charge is 2.35. The Labute approximate surface area is 101 Å². The van der Waals surface area contributed by atoms with Gasteiger partial charge in [0.2, 0.25) is 5.91 Å². The second-order valence-electron chi connectivity index (χ2n) is 4.53. The maximum atomic E-state index is 11.8. The van der Waals surface area contributed by atoms with Crippen LogP contribution in [0.5, 0.6) is 0 Å². The van der Waals surface area contributed by atoms with E-state index in [2.05, 4.69) is 11.4 Å². The average Bonchev–Trinajstić information content (AvgIpc) is 2.98. The first-order valence-electron chi connectivity index (χ1n) is 5.99. The Morgan fingerprint density at radius 3 is 2.88 bits per heavy atom. The molecule has 4 heteroatoms. The minimum atomic E-state index is -0.611. The van der Waals surface area contributed by atoms with Crippen molar-refractivity contribution in [1.29, 1.82) is 5.26 Å². The molecule has 1 heterocycles.